The number of carbonyl (C=O) groups excluding carboxylic acids is 1. The second-order valence-corrected chi connectivity index (χ2v) is 2.17. The zero-order valence-corrected chi connectivity index (χ0v) is 4.84. The van der Waals surface area contributed by atoms with Crippen LogP contribution in [-0.4, -0.2) is 6.29 Å². The molecule has 0 aromatic rings. The molecular weight excluding hydrogens is 100 g/mol. The van der Waals surface area contributed by atoms with Crippen LogP contribution >= 0.6 is 0 Å². The molecule has 8 heavy (non-hydrogen) atoms. The summed E-state index contributed by atoms with van der Waals surface area (Å²) in [5.74, 6) is 0.562. The highest BCUT2D eigenvalue weighted by Crippen LogP contribution is 2.18. The molecule has 0 N–H and O–H groups in total. The van der Waals surface area contributed by atoms with Gasteiger partial charge in [0.2, 0.25) is 0 Å². The lowest BCUT2D eigenvalue weighted by Crippen LogP contribution is -1.90. The number of hydrogen-bond acceptors (Lipinski definition) is 1. The Bertz CT molecular complexity index is 105. The van der Waals surface area contributed by atoms with Gasteiger partial charge in [0.25, 0.3) is 0 Å². The molecule has 0 unspecified atom stereocenters. The van der Waals surface area contributed by atoms with Crippen LogP contribution in [0.3, 0.4) is 0 Å². The molecular formula is C7H10O. The average molecular weight is 110 g/mol. The van der Waals surface area contributed by atoms with E-state index in [1.807, 2.05) is 0 Å². The molecule has 0 fully saturated rings. The molecule has 0 aromatic carbocycles. The van der Waals surface area contributed by atoms with Crippen molar-refractivity contribution < 1.29 is 4.79 Å². The van der Waals surface area contributed by atoms with Crippen molar-refractivity contribution in [1.82, 2.24) is 0 Å². The molecule has 1 aliphatic rings. The SMILES string of the molecule is O=CC[C@@H]1C=CCC1. The van der Waals surface area contributed by atoms with Gasteiger partial charge in [-0.05, 0) is 18.8 Å². The number of aldehydes is 1. The molecule has 0 bridgehead atoms. The van der Waals surface area contributed by atoms with Gasteiger partial charge in [-0.15, -0.1) is 0 Å². The molecule has 1 atom stereocenters. The highest BCUT2D eigenvalue weighted by molar-refractivity contribution is 5.50. The summed E-state index contributed by atoms with van der Waals surface area (Å²) in [7, 11) is 0. The molecule has 0 aromatic heterocycles. The molecule has 0 saturated carbocycles. The fourth-order valence-electron chi connectivity index (χ4n) is 1.02. The van der Waals surface area contributed by atoms with E-state index in [2.05, 4.69) is 12.2 Å². The summed E-state index contributed by atoms with van der Waals surface area (Å²) in [6, 6.07) is 0. The molecule has 1 rings (SSSR count). The number of allylic oxidation sites excluding steroid dienone is 2. The molecule has 44 valence electrons. The molecule has 1 heteroatoms. The van der Waals surface area contributed by atoms with Gasteiger partial charge < -0.3 is 4.79 Å². The second kappa shape index (κ2) is 2.65. The number of carbonyl (C=O) groups is 1. The third-order valence-corrected chi connectivity index (χ3v) is 1.51. The summed E-state index contributed by atoms with van der Waals surface area (Å²) >= 11 is 0. The average Bonchev–Trinajstić information content (AvgIpc) is 2.19. The van der Waals surface area contributed by atoms with E-state index < -0.39 is 0 Å². The molecule has 0 spiro atoms. The van der Waals surface area contributed by atoms with Crippen LogP contribution < -0.4 is 0 Å². The lowest BCUT2D eigenvalue weighted by molar-refractivity contribution is -0.108. The zero-order valence-electron chi connectivity index (χ0n) is 4.84. The van der Waals surface area contributed by atoms with Crippen LogP contribution in [0.5, 0.6) is 0 Å². The first-order valence-corrected chi connectivity index (χ1v) is 3.04. The van der Waals surface area contributed by atoms with Gasteiger partial charge in [-0.3, -0.25) is 0 Å². The van der Waals surface area contributed by atoms with Crippen LogP contribution in [0.1, 0.15) is 19.3 Å². The van der Waals surface area contributed by atoms with Crippen molar-refractivity contribution in [2.75, 3.05) is 0 Å². The summed E-state index contributed by atoms with van der Waals surface area (Å²) in [6.07, 6.45) is 8.34. The summed E-state index contributed by atoms with van der Waals surface area (Å²) < 4.78 is 0. The first-order chi connectivity index (χ1) is 3.93. The first kappa shape index (κ1) is 5.54. The Morgan fingerprint density at radius 1 is 1.75 bits per heavy atom. The third-order valence-electron chi connectivity index (χ3n) is 1.51. The predicted molar refractivity (Wildman–Crippen MR) is 32.5 cm³/mol. The van der Waals surface area contributed by atoms with E-state index in [9.17, 15) is 4.79 Å². The van der Waals surface area contributed by atoms with Gasteiger partial charge in [-0.1, -0.05) is 12.2 Å². The minimum Gasteiger partial charge on any atom is -0.303 e. The maximum absolute atomic E-state index is 9.93. The molecule has 0 aliphatic heterocycles. The summed E-state index contributed by atoms with van der Waals surface area (Å²) in [5, 5.41) is 0. The smallest absolute Gasteiger partial charge is 0.120 e. The van der Waals surface area contributed by atoms with E-state index in [-0.39, 0.29) is 0 Å². The first-order valence-electron chi connectivity index (χ1n) is 3.04. The predicted octanol–water partition coefficient (Wildman–Crippen LogP) is 1.54. The van der Waals surface area contributed by atoms with Gasteiger partial charge in [0.1, 0.15) is 6.29 Å². The zero-order chi connectivity index (χ0) is 5.82. The molecule has 0 heterocycles. The van der Waals surface area contributed by atoms with Gasteiger partial charge in [-0.2, -0.15) is 0 Å². The van der Waals surface area contributed by atoms with Crippen LogP contribution in [0.2, 0.25) is 0 Å². The van der Waals surface area contributed by atoms with E-state index in [1.54, 1.807) is 0 Å². The Hall–Kier alpha value is -0.590. The number of hydrogen-bond donors (Lipinski definition) is 0. The second-order valence-electron chi connectivity index (χ2n) is 2.17. The minimum atomic E-state index is 0.562. The van der Waals surface area contributed by atoms with E-state index in [4.69, 9.17) is 0 Å². The quantitative estimate of drug-likeness (QED) is 0.389. The lowest BCUT2D eigenvalue weighted by Gasteiger charge is -1.97. The van der Waals surface area contributed by atoms with Crippen LogP contribution in [0.4, 0.5) is 0 Å². The number of rotatable bonds is 2. The Labute approximate surface area is 49.4 Å². The van der Waals surface area contributed by atoms with Crippen molar-refractivity contribution in [2.24, 2.45) is 5.92 Å². The minimum absolute atomic E-state index is 0.562. The van der Waals surface area contributed by atoms with Crippen molar-refractivity contribution in [1.29, 1.82) is 0 Å². The van der Waals surface area contributed by atoms with Gasteiger partial charge in [0, 0.05) is 6.42 Å². The Morgan fingerprint density at radius 2 is 2.62 bits per heavy atom. The summed E-state index contributed by atoms with van der Waals surface area (Å²) in [4.78, 5) is 9.93. The third kappa shape index (κ3) is 1.19. The lowest BCUT2D eigenvalue weighted by atomic mass is 10.1. The fraction of sp³-hybridized carbons (Fsp3) is 0.571. The van der Waals surface area contributed by atoms with Crippen molar-refractivity contribution in [3.8, 4) is 0 Å². The highest BCUT2D eigenvalue weighted by Gasteiger charge is 2.06. The molecule has 1 nitrogen and oxygen atoms in total. The normalized spacial score (nSPS) is 26.2. The Kier molecular flexibility index (Phi) is 1.84. The standard InChI is InChI=1S/C7H10O/c8-6-5-7-3-1-2-4-7/h1,3,6-7H,2,4-5H2/t7-/m1/s1. The maximum atomic E-state index is 9.93. The maximum Gasteiger partial charge on any atom is 0.120 e. The highest BCUT2D eigenvalue weighted by atomic mass is 16.1. The van der Waals surface area contributed by atoms with E-state index in [0.29, 0.717) is 5.92 Å². The van der Waals surface area contributed by atoms with E-state index >= 15 is 0 Å². The Morgan fingerprint density at radius 3 is 3.12 bits per heavy atom. The summed E-state index contributed by atoms with van der Waals surface area (Å²) in [6.45, 7) is 0. The molecule has 0 saturated heterocycles. The van der Waals surface area contributed by atoms with Crippen LogP contribution in [0.25, 0.3) is 0 Å². The molecule has 1 aliphatic carbocycles. The fourth-order valence-corrected chi connectivity index (χ4v) is 1.02. The van der Waals surface area contributed by atoms with Crippen molar-refractivity contribution in [3.05, 3.63) is 12.2 Å². The topological polar surface area (TPSA) is 17.1 Å². The monoisotopic (exact) mass is 110 g/mol. The van der Waals surface area contributed by atoms with Crippen molar-refractivity contribution in [3.63, 3.8) is 0 Å². The van der Waals surface area contributed by atoms with Crippen molar-refractivity contribution in [2.45, 2.75) is 19.3 Å². The van der Waals surface area contributed by atoms with Gasteiger partial charge in [-0.25, -0.2) is 0 Å². The van der Waals surface area contributed by atoms with Crippen LogP contribution in [0, 0.1) is 5.92 Å². The Balaban J connectivity index is 2.25. The van der Waals surface area contributed by atoms with Gasteiger partial charge in [0.05, 0.1) is 0 Å². The van der Waals surface area contributed by atoms with E-state index in [1.165, 1.54) is 12.8 Å². The van der Waals surface area contributed by atoms with Crippen LogP contribution in [-0.2, 0) is 4.79 Å². The van der Waals surface area contributed by atoms with Crippen LogP contribution in [0.15, 0.2) is 12.2 Å². The van der Waals surface area contributed by atoms with E-state index in [0.717, 1.165) is 12.7 Å². The molecule has 0 radical (unpaired) electrons. The van der Waals surface area contributed by atoms with Gasteiger partial charge >= 0.3 is 0 Å². The largest absolute Gasteiger partial charge is 0.303 e. The summed E-state index contributed by atoms with van der Waals surface area (Å²) in [5.41, 5.74) is 0. The van der Waals surface area contributed by atoms with Gasteiger partial charge in [0.15, 0.2) is 0 Å². The molecule has 0 amide bonds. The van der Waals surface area contributed by atoms with Crippen molar-refractivity contribution >= 4 is 6.29 Å².